The third-order valence-electron chi connectivity index (χ3n) is 5.98. The summed E-state index contributed by atoms with van der Waals surface area (Å²) in [5, 5.41) is 0. The molecule has 0 spiro atoms. The number of rotatable bonds is 13. The monoisotopic (exact) mass is 448 g/mol. The number of amides is 2. The molecule has 0 atom stereocenters. The molecule has 2 amide bonds. The molecule has 1 aliphatic heterocycles. The molecule has 1 aliphatic rings. The number of likely N-dealkylation sites (N-methyl/N-ethyl adjacent to an activating group) is 1. The number of hydrogen-bond acceptors (Lipinski definition) is 4. The largest absolute Gasteiger partial charge is 0.494 e. The molecule has 0 unspecified atom stereocenters. The van der Waals surface area contributed by atoms with Gasteiger partial charge in [0.15, 0.2) is 0 Å². The van der Waals surface area contributed by atoms with Gasteiger partial charge in [0.05, 0.1) is 12.2 Å². The molecule has 5 nitrogen and oxygen atoms in total. The van der Waals surface area contributed by atoms with Crippen LogP contribution in [0.25, 0.3) is 5.57 Å². The van der Waals surface area contributed by atoms with E-state index >= 15 is 0 Å². The zero-order chi connectivity index (χ0) is 23.6. The van der Waals surface area contributed by atoms with Crippen molar-refractivity contribution in [1.29, 1.82) is 0 Å². The van der Waals surface area contributed by atoms with Gasteiger partial charge in [-0.15, -0.1) is 0 Å². The molecule has 0 aliphatic carbocycles. The van der Waals surface area contributed by atoms with E-state index in [4.69, 9.17) is 4.74 Å². The van der Waals surface area contributed by atoms with Gasteiger partial charge < -0.3 is 9.64 Å². The van der Waals surface area contributed by atoms with Crippen molar-refractivity contribution in [2.45, 2.75) is 58.9 Å². The Morgan fingerprint density at radius 1 is 0.818 bits per heavy atom. The van der Waals surface area contributed by atoms with Crippen LogP contribution in [0.15, 0.2) is 60.3 Å². The first-order chi connectivity index (χ1) is 16.1. The first kappa shape index (κ1) is 24.6. The smallest absolute Gasteiger partial charge is 0.277 e. The number of carbonyl (C=O) groups is 2. The van der Waals surface area contributed by atoms with Gasteiger partial charge in [-0.05, 0) is 36.6 Å². The fourth-order valence-corrected chi connectivity index (χ4v) is 4.25. The SMILES string of the molecule is CCCCCCCCN1C(=O)C(c2ccc(OCC)cc2)=C(N(C)Cc2ccccc2)C1=O. The normalized spacial score (nSPS) is 13.7. The maximum atomic E-state index is 13.4. The minimum absolute atomic E-state index is 0.198. The second-order valence-electron chi connectivity index (χ2n) is 8.55. The fraction of sp³-hybridized carbons (Fsp3) is 0.429. The predicted octanol–water partition coefficient (Wildman–Crippen LogP) is 5.66. The molecular weight excluding hydrogens is 412 g/mol. The van der Waals surface area contributed by atoms with E-state index in [-0.39, 0.29) is 11.8 Å². The topological polar surface area (TPSA) is 49.9 Å². The van der Waals surface area contributed by atoms with Gasteiger partial charge in [0, 0.05) is 20.1 Å². The summed E-state index contributed by atoms with van der Waals surface area (Å²) in [6, 6.07) is 17.5. The summed E-state index contributed by atoms with van der Waals surface area (Å²) in [7, 11) is 1.89. The molecule has 0 aromatic heterocycles. The Morgan fingerprint density at radius 3 is 2.15 bits per heavy atom. The molecule has 5 heteroatoms. The van der Waals surface area contributed by atoms with Gasteiger partial charge in [0.25, 0.3) is 11.8 Å². The average molecular weight is 449 g/mol. The van der Waals surface area contributed by atoms with Crippen LogP contribution in [0, 0.1) is 0 Å². The number of unbranched alkanes of at least 4 members (excludes halogenated alkanes) is 5. The van der Waals surface area contributed by atoms with Crippen LogP contribution < -0.4 is 4.74 Å². The first-order valence-corrected chi connectivity index (χ1v) is 12.2. The van der Waals surface area contributed by atoms with Crippen LogP contribution in [0.4, 0.5) is 0 Å². The van der Waals surface area contributed by atoms with E-state index in [2.05, 4.69) is 6.92 Å². The van der Waals surface area contributed by atoms with Crippen LogP contribution in [0.2, 0.25) is 0 Å². The van der Waals surface area contributed by atoms with Crippen molar-refractivity contribution in [3.63, 3.8) is 0 Å². The molecule has 0 bridgehead atoms. The highest BCUT2D eigenvalue weighted by atomic mass is 16.5. The molecule has 176 valence electrons. The summed E-state index contributed by atoms with van der Waals surface area (Å²) in [4.78, 5) is 30.2. The molecule has 1 heterocycles. The van der Waals surface area contributed by atoms with E-state index in [1.165, 1.54) is 24.2 Å². The highest BCUT2D eigenvalue weighted by Crippen LogP contribution is 2.33. The van der Waals surface area contributed by atoms with Crippen LogP contribution in [0.5, 0.6) is 5.75 Å². The zero-order valence-corrected chi connectivity index (χ0v) is 20.2. The quantitative estimate of drug-likeness (QED) is 0.293. The first-order valence-electron chi connectivity index (χ1n) is 12.2. The van der Waals surface area contributed by atoms with E-state index in [0.717, 1.165) is 36.1 Å². The van der Waals surface area contributed by atoms with E-state index in [1.54, 1.807) is 0 Å². The number of nitrogens with zero attached hydrogens (tertiary/aromatic N) is 2. The molecule has 0 fully saturated rings. The van der Waals surface area contributed by atoms with Crippen molar-refractivity contribution in [1.82, 2.24) is 9.80 Å². The maximum Gasteiger partial charge on any atom is 0.277 e. The molecule has 2 aromatic rings. The van der Waals surface area contributed by atoms with E-state index < -0.39 is 0 Å². The van der Waals surface area contributed by atoms with Gasteiger partial charge in [-0.3, -0.25) is 14.5 Å². The Morgan fingerprint density at radius 2 is 1.48 bits per heavy atom. The van der Waals surface area contributed by atoms with Crippen molar-refractivity contribution >= 4 is 17.4 Å². The number of hydrogen-bond donors (Lipinski definition) is 0. The van der Waals surface area contributed by atoms with Crippen molar-refractivity contribution in [2.24, 2.45) is 0 Å². The molecule has 0 radical (unpaired) electrons. The van der Waals surface area contributed by atoms with Crippen LogP contribution in [0.3, 0.4) is 0 Å². The van der Waals surface area contributed by atoms with Gasteiger partial charge in [-0.2, -0.15) is 0 Å². The molecule has 3 rings (SSSR count). The van der Waals surface area contributed by atoms with Gasteiger partial charge in [-0.1, -0.05) is 81.5 Å². The molecule has 0 saturated carbocycles. The number of benzene rings is 2. The summed E-state index contributed by atoms with van der Waals surface area (Å²) < 4.78 is 5.55. The molecule has 0 N–H and O–H groups in total. The van der Waals surface area contributed by atoms with Crippen molar-refractivity contribution in [3.8, 4) is 5.75 Å². The van der Waals surface area contributed by atoms with Crippen molar-refractivity contribution in [3.05, 3.63) is 71.4 Å². The Labute approximate surface area is 198 Å². The van der Waals surface area contributed by atoms with Crippen LogP contribution in [-0.2, 0) is 16.1 Å². The number of carbonyl (C=O) groups excluding carboxylic acids is 2. The lowest BCUT2D eigenvalue weighted by atomic mass is 10.0. The molecule has 33 heavy (non-hydrogen) atoms. The second kappa shape index (κ2) is 12.2. The lowest BCUT2D eigenvalue weighted by Gasteiger charge is -2.21. The highest BCUT2D eigenvalue weighted by molar-refractivity contribution is 6.35. The Kier molecular flexibility index (Phi) is 9.11. The Hall–Kier alpha value is -3.08. The Bertz CT molecular complexity index is 951. The second-order valence-corrected chi connectivity index (χ2v) is 8.55. The Balaban J connectivity index is 1.83. The summed E-state index contributed by atoms with van der Waals surface area (Å²) in [5.41, 5.74) is 2.79. The summed E-state index contributed by atoms with van der Waals surface area (Å²) in [5.74, 6) is 0.352. The number of imide groups is 1. The number of ether oxygens (including phenoxy) is 1. The van der Waals surface area contributed by atoms with Gasteiger partial charge in [0.2, 0.25) is 0 Å². The lowest BCUT2D eigenvalue weighted by molar-refractivity contribution is -0.137. The minimum atomic E-state index is -0.201. The maximum absolute atomic E-state index is 13.4. The molecule has 2 aromatic carbocycles. The lowest BCUT2D eigenvalue weighted by Crippen LogP contribution is -2.34. The van der Waals surface area contributed by atoms with E-state index in [0.29, 0.717) is 31.0 Å². The summed E-state index contributed by atoms with van der Waals surface area (Å²) in [6.45, 7) is 5.74. The zero-order valence-electron chi connectivity index (χ0n) is 20.2. The minimum Gasteiger partial charge on any atom is -0.494 e. The molecule has 0 saturated heterocycles. The van der Waals surface area contributed by atoms with E-state index in [1.807, 2.05) is 73.5 Å². The van der Waals surface area contributed by atoms with Crippen LogP contribution >= 0.6 is 0 Å². The summed E-state index contributed by atoms with van der Waals surface area (Å²) >= 11 is 0. The van der Waals surface area contributed by atoms with Crippen molar-refractivity contribution in [2.75, 3.05) is 20.2 Å². The third-order valence-corrected chi connectivity index (χ3v) is 5.98. The average Bonchev–Trinajstić information content (AvgIpc) is 3.07. The van der Waals surface area contributed by atoms with Crippen LogP contribution in [-0.4, -0.2) is 41.8 Å². The highest BCUT2D eigenvalue weighted by Gasteiger charge is 2.40. The standard InChI is InChI=1S/C28H36N2O3/c1-4-6-7-8-9-13-20-30-27(31)25(23-16-18-24(19-17-23)33-5-2)26(28(30)32)29(3)21-22-14-11-10-12-15-22/h10-12,14-19H,4-9,13,20-21H2,1-3H3. The predicted molar refractivity (Wildman–Crippen MR) is 133 cm³/mol. The summed E-state index contributed by atoms with van der Waals surface area (Å²) in [6.07, 6.45) is 6.66. The van der Waals surface area contributed by atoms with Gasteiger partial charge in [0.1, 0.15) is 11.4 Å². The molecular formula is C28H36N2O3. The van der Waals surface area contributed by atoms with Crippen molar-refractivity contribution < 1.29 is 14.3 Å². The third kappa shape index (κ3) is 6.25. The van der Waals surface area contributed by atoms with Gasteiger partial charge >= 0.3 is 0 Å². The van der Waals surface area contributed by atoms with Gasteiger partial charge in [-0.25, -0.2) is 0 Å². The van der Waals surface area contributed by atoms with E-state index in [9.17, 15) is 9.59 Å². The van der Waals surface area contributed by atoms with Crippen LogP contribution in [0.1, 0.15) is 63.5 Å². The fourth-order valence-electron chi connectivity index (χ4n) is 4.25.